The lowest BCUT2D eigenvalue weighted by Crippen LogP contribution is -2.18. The molecule has 5 nitrogen and oxygen atoms in total. The summed E-state index contributed by atoms with van der Waals surface area (Å²) in [7, 11) is 1.70. The van der Waals surface area contributed by atoms with Gasteiger partial charge in [-0.3, -0.25) is 0 Å². The van der Waals surface area contributed by atoms with Gasteiger partial charge in [0.15, 0.2) is 0 Å². The Kier molecular flexibility index (Phi) is 5.56. The van der Waals surface area contributed by atoms with Crippen LogP contribution in [0, 0.1) is 0 Å². The van der Waals surface area contributed by atoms with Crippen LogP contribution in [-0.2, 0) is 4.74 Å². The smallest absolute Gasteiger partial charge is 0.239 e. The number of aromatic nitrogens is 1. The highest BCUT2D eigenvalue weighted by Crippen LogP contribution is 2.21. The second-order valence-corrected chi connectivity index (χ2v) is 3.85. The van der Waals surface area contributed by atoms with Crippen LogP contribution in [0.25, 0.3) is 0 Å². The fraction of sp³-hybridized carbons (Fsp3) is 0.583. The first-order chi connectivity index (χ1) is 8.17. The fourth-order valence-corrected chi connectivity index (χ4v) is 1.40. The maximum atomic E-state index is 5.75. The van der Waals surface area contributed by atoms with E-state index in [0.717, 1.165) is 18.8 Å². The second kappa shape index (κ2) is 6.96. The lowest BCUT2D eigenvalue weighted by atomic mass is 10.2. The van der Waals surface area contributed by atoms with Crippen molar-refractivity contribution < 1.29 is 9.47 Å². The third-order valence-electron chi connectivity index (χ3n) is 2.32. The zero-order valence-corrected chi connectivity index (χ0v) is 10.7. The van der Waals surface area contributed by atoms with Gasteiger partial charge in [-0.1, -0.05) is 0 Å². The Morgan fingerprint density at radius 3 is 2.88 bits per heavy atom. The van der Waals surface area contributed by atoms with Gasteiger partial charge in [-0.2, -0.15) is 4.98 Å². The van der Waals surface area contributed by atoms with E-state index in [0.29, 0.717) is 24.2 Å². The van der Waals surface area contributed by atoms with Crippen LogP contribution in [0.4, 0.5) is 11.5 Å². The van der Waals surface area contributed by atoms with E-state index >= 15 is 0 Å². The maximum Gasteiger partial charge on any atom is 0.239 e. The number of hydrogen-bond acceptors (Lipinski definition) is 5. The van der Waals surface area contributed by atoms with Crippen LogP contribution in [0.15, 0.2) is 12.1 Å². The molecule has 0 aliphatic heterocycles. The Morgan fingerprint density at radius 2 is 2.24 bits per heavy atom. The third kappa shape index (κ3) is 4.48. The van der Waals surface area contributed by atoms with Gasteiger partial charge in [0.05, 0.1) is 12.3 Å². The lowest BCUT2D eigenvalue weighted by Gasteiger charge is -2.15. The summed E-state index contributed by atoms with van der Waals surface area (Å²) in [6.45, 7) is 5.27. The van der Waals surface area contributed by atoms with Crippen LogP contribution in [0.5, 0.6) is 5.88 Å². The minimum absolute atomic E-state index is 0.292. The van der Waals surface area contributed by atoms with Gasteiger partial charge in [0.2, 0.25) is 5.88 Å². The molecule has 96 valence electrons. The van der Waals surface area contributed by atoms with E-state index in [-0.39, 0.29) is 0 Å². The van der Waals surface area contributed by atoms with Crippen LogP contribution < -0.4 is 15.8 Å². The maximum absolute atomic E-state index is 5.75. The summed E-state index contributed by atoms with van der Waals surface area (Å²) in [5.74, 6) is 1.25. The molecular formula is C12H21N3O2. The molecule has 0 aromatic carbocycles. The summed E-state index contributed by atoms with van der Waals surface area (Å²) in [4.78, 5) is 4.31. The Bertz CT molecular complexity index is 345. The van der Waals surface area contributed by atoms with Crippen molar-refractivity contribution in [3.8, 4) is 5.88 Å². The standard InChI is InChI=1S/C12H21N3O2/c1-4-17-12-10(13)5-6-11(15-12)14-9(2)7-8-16-3/h5-6,9H,4,7-8,13H2,1-3H3,(H,14,15). The zero-order chi connectivity index (χ0) is 12.7. The predicted octanol–water partition coefficient (Wildman–Crippen LogP) is 1.90. The van der Waals surface area contributed by atoms with Crippen molar-refractivity contribution >= 4 is 11.5 Å². The number of nitrogen functional groups attached to an aromatic ring is 1. The van der Waals surface area contributed by atoms with E-state index in [1.807, 2.05) is 13.0 Å². The minimum Gasteiger partial charge on any atom is -0.476 e. The van der Waals surface area contributed by atoms with E-state index in [4.69, 9.17) is 15.2 Å². The summed E-state index contributed by atoms with van der Waals surface area (Å²) in [6, 6.07) is 3.94. The molecule has 0 fully saturated rings. The van der Waals surface area contributed by atoms with Gasteiger partial charge >= 0.3 is 0 Å². The molecule has 0 aliphatic rings. The number of ether oxygens (including phenoxy) is 2. The van der Waals surface area contributed by atoms with Crippen molar-refractivity contribution in [1.82, 2.24) is 4.98 Å². The van der Waals surface area contributed by atoms with Crippen molar-refractivity contribution in [2.75, 3.05) is 31.4 Å². The van der Waals surface area contributed by atoms with Crippen LogP contribution in [0.1, 0.15) is 20.3 Å². The monoisotopic (exact) mass is 239 g/mol. The molecule has 0 saturated carbocycles. The average molecular weight is 239 g/mol. The molecule has 1 aromatic rings. The number of nitrogens with two attached hydrogens (primary N) is 1. The van der Waals surface area contributed by atoms with E-state index in [1.54, 1.807) is 13.2 Å². The molecule has 1 unspecified atom stereocenters. The zero-order valence-electron chi connectivity index (χ0n) is 10.7. The van der Waals surface area contributed by atoms with Crippen molar-refractivity contribution in [3.05, 3.63) is 12.1 Å². The molecule has 3 N–H and O–H groups in total. The molecule has 1 atom stereocenters. The number of methoxy groups -OCH3 is 1. The summed E-state index contributed by atoms with van der Waals surface area (Å²) in [5, 5.41) is 3.28. The minimum atomic E-state index is 0.292. The molecule has 5 heteroatoms. The molecule has 1 aromatic heterocycles. The highest BCUT2D eigenvalue weighted by Gasteiger charge is 2.06. The number of hydrogen-bond donors (Lipinski definition) is 2. The van der Waals surface area contributed by atoms with Crippen LogP contribution in [-0.4, -0.2) is 31.3 Å². The van der Waals surface area contributed by atoms with E-state index in [2.05, 4.69) is 17.2 Å². The average Bonchev–Trinajstić information content (AvgIpc) is 2.31. The van der Waals surface area contributed by atoms with E-state index in [1.165, 1.54) is 0 Å². The van der Waals surface area contributed by atoms with Gasteiger partial charge < -0.3 is 20.5 Å². The number of anilines is 2. The van der Waals surface area contributed by atoms with Crippen molar-refractivity contribution in [3.63, 3.8) is 0 Å². The Labute approximate surface area is 102 Å². The van der Waals surface area contributed by atoms with E-state index < -0.39 is 0 Å². The van der Waals surface area contributed by atoms with Crippen LogP contribution in [0.3, 0.4) is 0 Å². The fourth-order valence-electron chi connectivity index (χ4n) is 1.40. The summed E-state index contributed by atoms with van der Waals surface area (Å²) >= 11 is 0. The van der Waals surface area contributed by atoms with E-state index in [9.17, 15) is 0 Å². The molecule has 0 aliphatic carbocycles. The molecular weight excluding hydrogens is 218 g/mol. The lowest BCUT2D eigenvalue weighted by molar-refractivity contribution is 0.191. The van der Waals surface area contributed by atoms with Crippen LogP contribution >= 0.6 is 0 Å². The van der Waals surface area contributed by atoms with Crippen LogP contribution in [0.2, 0.25) is 0 Å². The Hall–Kier alpha value is -1.49. The third-order valence-corrected chi connectivity index (χ3v) is 2.32. The first-order valence-corrected chi connectivity index (χ1v) is 5.82. The molecule has 1 rings (SSSR count). The SMILES string of the molecule is CCOc1nc(NC(C)CCOC)ccc1N. The van der Waals surface area contributed by atoms with Crippen molar-refractivity contribution in [2.24, 2.45) is 0 Å². The molecule has 0 saturated heterocycles. The summed E-state index contributed by atoms with van der Waals surface area (Å²) in [6.07, 6.45) is 0.923. The second-order valence-electron chi connectivity index (χ2n) is 3.85. The Balaban J connectivity index is 2.61. The van der Waals surface area contributed by atoms with Crippen molar-refractivity contribution in [1.29, 1.82) is 0 Å². The number of pyridine rings is 1. The quantitative estimate of drug-likeness (QED) is 0.760. The highest BCUT2D eigenvalue weighted by molar-refractivity contribution is 5.53. The number of nitrogens with zero attached hydrogens (tertiary/aromatic N) is 1. The van der Waals surface area contributed by atoms with Gasteiger partial charge in [-0.25, -0.2) is 0 Å². The molecule has 0 bridgehead atoms. The van der Waals surface area contributed by atoms with Gasteiger partial charge in [0.25, 0.3) is 0 Å². The molecule has 17 heavy (non-hydrogen) atoms. The molecule has 1 heterocycles. The molecule has 0 amide bonds. The topological polar surface area (TPSA) is 69.4 Å². The highest BCUT2D eigenvalue weighted by atomic mass is 16.5. The first-order valence-electron chi connectivity index (χ1n) is 5.82. The molecule has 0 radical (unpaired) electrons. The predicted molar refractivity (Wildman–Crippen MR) is 69.4 cm³/mol. The van der Waals surface area contributed by atoms with Gasteiger partial charge in [0, 0.05) is 19.8 Å². The summed E-state index contributed by atoms with van der Waals surface area (Å²) < 4.78 is 10.4. The largest absolute Gasteiger partial charge is 0.476 e. The number of nitrogens with one attached hydrogen (secondary N) is 1. The van der Waals surface area contributed by atoms with Gasteiger partial charge in [-0.05, 0) is 32.4 Å². The normalized spacial score (nSPS) is 12.2. The number of rotatable bonds is 7. The molecule has 0 spiro atoms. The summed E-state index contributed by atoms with van der Waals surface area (Å²) in [5.41, 5.74) is 6.31. The van der Waals surface area contributed by atoms with Crippen molar-refractivity contribution in [2.45, 2.75) is 26.3 Å². The van der Waals surface area contributed by atoms with Gasteiger partial charge in [-0.15, -0.1) is 0 Å². The first kappa shape index (κ1) is 13.6. The van der Waals surface area contributed by atoms with Gasteiger partial charge in [0.1, 0.15) is 5.82 Å². The Morgan fingerprint density at radius 1 is 1.47 bits per heavy atom.